The van der Waals surface area contributed by atoms with E-state index >= 15 is 0 Å². The highest BCUT2D eigenvalue weighted by Gasteiger charge is 2.26. The molecule has 1 aliphatic rings. The van der Waals surface area contributed by atoms with Crippen molar-refractivity contribution in [1.82, 2.24) is 16.0 Å². The molecule has 6 heteroatoms. The number of nitrogens with one attached hydrogen (secondary N) is 3. The van der Waals surface area contributed by atoms with E-state index in [-0.39, 0.29) is 11.6 Å². The minimum Gasteiger partial charge on any atom is -0.357 e. The van der Waals surface area contributed by atoms with E-state index in [2.05, 4.69) is 67.9 Å². The first-order chi connectivity index (χ1) is 13.8. The zero-order valence-corrected chi connectivity index (χ0v) is 19.6. The van der Waals surface area contributed by atoms with Crippen molar-refractivity contribution in [3.63, 3.8) is 0 Å². The molecular weight excluding hydrogens is 380 g/mol. The van der Waals surface area contributed by atoms with Gasteiger partial charge in [0.2, 0.25) is 0 Å². The van der Waals surface area contributed by atoms with Crippen molar-refractivity contribution in [3.05, 3.63) is 35.9 Å². The third kappa shape index (κ3) is 8.09. The molecule has 1 aromatic carbocycles. The summed E-state index contributed by atoms with van der Waals surface area (Å²) in [7, 11) is -0.706. The number of guanidine groups is 1. The maximum atomic E-state index is 12.2. The predicted octanol–water partition coefficient (Wildman–Crippen LogP) is 3.75. The highest BCUT2D eigenvalue weighted by molar-refractivity contribution is 7.85. The minimum absolute atomic E-state index is 0.129. The fourth-order valence-corrected chi connectivity index (χ4v) is 5.35. The maximum Gasteiger partial charge on any atom is 0.191 e. The van der Waals surface area contributed by atoms with Crippen LogP contribution in [0.25, 0.3) is 0 Å². The molecule has 1 fully saturated rings. The van der Waals surface area contributed by atoms with Gasteiger partial charge in [0.1, 0.15) is 0 Å². The molecule has 4 atom stereocenters. The van der Waals surface area contributed by atoms with Gasteiger partial charge in [-0.05, 0) is 52.5 Å². The summed E-state index contributed by atoms with van der Waals surface area (Å²) in [6, 6.07) is 11.1. The van der Waals surface area contributed by atoms with E-state index in [4.69, 9.17) is 4.99 Å². The average molecular weight is 421 g/mol. The summed E-state index contributed by atoms with van der Waals surface area (Å²) in [4.78, 5) is 4.87. The molecule has 164 valence electrons. The fraction of sp³-hybridized carbons (Fsp3) is 0.696. The first-order valence-corrected chi connectivity index (χ1v) is 12.5. The van der Waals surface area contributed by atoms with Crippen LogP contribution in [0.5, 0.6) is 0 Å². The number of rotatable bonds is 9. The first kappa shape index (κ1) is 23.9. The van der Waals surface area contributed by atoms with Crippen molar-refractivity contribution in [2.75, 3.05) is 18.8 Å². The topological polar surface area (TPSA) is 65.5 Å². The molecule has 0 amide bonds. The molecule has 0 aliphatic heterocycles. The van der Waals surface area contributed by atoms with Crippen LogP contribution in [0, 0.1) is 0 Å². The summed E-state index contributed by atoms with van der Waals surface area (Å²) < 4.78 is 12.2. The van der Waals surface area contributed by atoms with E-state index in [1.165, 1.54) is 5.56 Å². The Labute approximate surface area is 180 Å². The maximum absolute atomic E-state index is 12.2. The molecule has 1 saturated carbocycles. The first-order valence-electron chi connectivity index (χ1n) is 11.1. The average Bonchev–Trinajstić information content (AvgIpc) is 2.72. The molecular formula is C23H40N4OS. The van der Waals surface area contributed by atoms with Gasteiger partial charge in [-0.1, -0.05) is 43.7 Å². The monoisotopic (exact) mass is 420 g/mol. The van der Waals surface area contributed by atoms with Gasteiger partial charge in [0.25, 0.3) is 0 Å². The molecule has 4 unspecified atom stereocenters. The highest BCUT2D eigenvalue weighted by atomic mass is 32.2. The van der Waals surface area contributed by atoms with Gasteiger partial charge in [-0.15, -0.1) is 0 Å². The van der Waals surface area contributed by atoms with Crippen LogP contribution in [-0.2, 0) is 10.8 Å². The smallest absolute Gasteiger partial charge is 0.191 e. The summed E-state index contributed by atoms with van der Waals surface area (Å²) in [5.41, 5.74) is 1.16. The molecule has 0 heterocycles. The molecule has 1 aromatic rings. The molecule has 3 N–H and O–H groups in total. The zero-order chi connectivity index (χ0) is 21.3. The Morgan fingerprint density at radius 3 is 2.62 bits per heavy atom. The minimum atomic E-state index is -0.706. The second-order valence-electron chi connectivity index (χ2n) is 8.66. The van der Waals surface area contributed by atoms with Gasteiger partial charge in [0.05, 0.1) is 6.54 Å². The van der Waals surface area contributed by atoms with Crippen molar-refractivity contribution in [3.8, 4) is 0 Å². The van der Waals surface area contributed by atoms with Crippen LogP contribution >= 0.6 is 0 Å². The van der Waals surface area contributed by atoms with E-state index in [0.29, 0.717) is 17.8 Å². The van der Waals surface area contributed by atoms with Crippen molar-refractivity contribution in [2.24, 2.45) is 4.99 Å². The highest BCUT2D eigenvalue weighted by Crippen LogP contribution is 2.23. The summed E-state index contributed by atoms with van der Waals surface area (Å²) in [6.45, 7) is 12.2. The Kier molecular flexibility index (Phi) is 9.63. The Hall–Kier alpha value is -1.40. The fourth-order valence-electron chi connectivity index (χ4n) is 4.00. The quantitative estimate of drug-likeness (QED) is 0.420. The van der Waals surface area contributed by atoms with Gasteiger partial charge in [-0.3, -0.25) is 9.20 Å². The Morgan fingerprint density at radius 1 is 1.24 bits per heavy atom. The largest absolute Gasteiger partial charge is 0.357 e. The van der Waals surface area contributed by atoms with E-state index in [9.17, 15) is 4.21 Å². The zero-order valence-electron chi connectivity index (χ0n) is 18.8. The van der Waals surface area contributed by atoms with Gasteiger partial charge >= 0.3 is 0 Å². The van der Waals surface area contributed by atoms with Crippen molar-refractivity contribution in [1.29, 1.82) is 0 Å². The van der Waals surface area contributed by atoms with Crippen LogP contribution in [0.3, 0.4) is 0 Å². The van der Waals surface area contributed by atoms with E-state index in [1.807, 2.05) is 13.0 Å². The van der Waals surface area contributed by atoms with Gasteiger partial charge < -0.3 is 16.0 Å². The standard InChI is InChI=1S/C23H40N4OS/c1-6-24-22(26-20-14-11-15-21(16-20)29(28)7-2)25-17-23(4,5)27-18(3)19-12-9-8-10-13-19/h8-10,12-13,18,20-21,27H,6-7,11,14-17H2,1-5H3,(H2,24,25,26). The molecule has 0 radical (unpaired) electrons. The Bertz CT molecular complexity index is 662. The third-order valence-electron chi connectivity index (χ3n) is 5.51. The lowest BCUT2D eigenvalue weighted by Crippen LogP contribution is -2.48. The predicted molar refractivity (Wildman–Crippen MR) is 126 cm³/mol. The van der Waals surface area contributed by atoms with Crippen molar-refractivity contribution >= 4 is 16.8 Å². The van der Waals surface area contributed by atoms with Crippen LogP contribution in [0.15, 0.2) is 35.3 Å². The lowest BCUT2D eigenvalue weighted by molar-refractivity contribution is 0.355. The van der Waals surface area contributed by atoms with E-state index in [0.717, 1.165) is 43.9 Å². The number of hydrogen-bond acceptors (Lipinski definition) is 3. The number of aliphatic imine (C=N–C) groups is 1. The summed E-state index contributed by atoms with van der Waals surface area (Å²) in [5.74, 6) is 1.62. The molecule has 0 saturated heterocycles. The van der Waals surface area contributed by atoms with Crippen LogP contribution in [0.1, 0.15) is 71.9 Å². The molecule has 1 aliphatic carbocycles. The third-order valence-corrected chi connectivity index (χ3v) is 7.25. The van der Waals surface area contributed by atoms with Crippen molar-refractivity contribution < 1.29 is 4.21 Å². The normalized spacial score (nSPS) is 22.7. The molecule has 5 nitrogen and oxygen atoms in total. The van der Waals surface area contributed by atoms with Gasteiger partial charge in [-0.25, -0.2) is 0 Å². The van der Waals surface area contributed by atoms with Crippen LogP contribution < -0.4 is 16.0 Å². The van der Waals surface area contributed by atoms with Gasteiger partial charge in [-0.2, -0.15) is 0 Å². The van der Waals surface area contributed by atoms with Gasteiger partial charge in [0.15, 0.2) is 5.96 Å². The summed E-state index contributed by atoms with van der Waals surface area (Å²) in [6.07, 6.45) is 4.31. The van der Waals surface area contributed by atoms with Crippen molar-refractivity contribution in [2.45, 2.75) is 83.2 Å². The molecule has 0 aromatic heterocycles. The summed E-state index contributed by atoms with van der Waals surface area (Å²) >= 11 is 0. The van der Waals surface area contributed by atoms with E-state index in [1.54, 1.807) is 0 Å². The SMILES string of the molecule is CCNC(=NCC(C)(C)NC(C)c1ccccc1)NC1CCCC(S(=O)CC)C1. The number of nitrogens with zero attached hydrogens (tertiary/aromatic N) is 1. The van der Waals surface area contributed by atoms with Crippen LogP contribution in [0.4, 0.5) is 0 Å². The molecule has 2 rings (SSSR count). The summed E-state index contributed by atoms with van der Waals surface area (Å²) in [5, 5.41) is 11.0. The molecule has 0 bridgehead atoms. The second kappa shape index (κ2) is 11.7. The Balaban J connectivity index is 1.95. The van der Waals surface area contributed by atoms with Crippen LogP contribution in [0.2, 0.25) is 0 Å². The lowest BCUT2D eigenvalue weighted by Gasteiger charge is -2.31. The lowest BCUT2D eigenvalue weighted by atomic mass is 9.95. The second-order valence-corrected chi connectivity index (χ2v) is 10.7. The number of hydrogen-bond donors (Lipinski definition) is 3. The van der Waals surface area contributed by atoms with E-state index < -0.39 is 10.8 Å². The molecule has 0 spiro atoms. The Morgan fingerprint density at radius 2 is 1.97 bits per heavy atom. The van der Waals surface area contributed by atoms with Gasteiger partial charge in [0, 0.05) is 46.0 Å². The molecule has 29 heavy (non-hydrogen) atoms. The van der Waals surface area contributed by atoms with Crippen LogP contribution in [-0.4, -0.2) is 45.8 Å². The number of benzene rings is 1.